The van der Waals surface area contributed by atoms with Crippen molar-refractivity contribution in [1.82, 2.24) is 20.1 Å². The van der Waals surface area contributed by atoms with E-state index >= 15 is 4.39 Å². The fourth-order valence-electron chi connectivity index (χ4n) is 5.37. The average molecular weight is 643 g/mol. The van der Waals surface area contributed by atoms with E-state index in [4.69, 9.17) is 15.6 Å². The number of nitrogens with zero attached hydrogens (tertiary/aromatic N) is 3. The van der Waals surface area contributed by atoms with Crippen LogP contribution < -0.4 is 16.0 Å². The predicted molar refractivity (Wildman–Crippen MR) is 163 cm³/mol. The molecule has 2 aliphatic rings. The van der Waals surface area contributed by atoms with Crippen LogP contribution in [0, 0.1) is 37.4 Å². The Morgan fingerprint density at radius 2 is 1.87 bits per heavy atom. The van der Waals surface area contributed by atoms with Crippen molar-refractivity contribution in [2.75, 3.05) is 18.0 Å². The van der Waals surface area contributed by atoms with Crippen LogP contribution in [0.4, 0.5) is 23.2 Å². The van der Waals surface area contributed by atoms with Crippen molar-refractivity contribution in [3.05, 3.63) is 70.1 Å². The van der Waals surface area contributed by atoms with Crippen LogP contribution in [0.1, 0.15) is 64.2 Å². The number of alkyl halides is 3. The summed E-state index contributed by atoms with van der Waals surface area (Å²) in [4.78, 5) is 40.5. The molecule has 1 saturated carbocycles. The molecule has 5 N–H and O–H groups in total. The first-order valence-corrected chi connectivity index (χ1v) is 14.5. The maximum absolute atomic E-state index is 15.3. The van der Waals surface area contributed by atoms with Gasteiger partial charge in [0.25, 0.3) is 11.8 Å². The number of benzene rings is 1. The number of carboxylic acids is 1. The van der Waals surface area contributed by atoms with Gasteiger partial charge in [0.05, 0.1) is 23.4 Å². The average Bonchev–Trinajstić information content (AvgIpc) is 3.62. The van der Waals surface area contributed by atoms with Gasteiger partial charge in [-0.3, -0.25) is 14.3 Å². The van der Waals surface area contributed by atoms with Gasteiger partial charge in [-0.25, -0.2) is 9.18 Å². The van der Waals surface area contributed by atoms with Crippen molar-refractivity contribution in [2.45, 2.75) is 51.7 Å². The minimum Gasteiger partial charge on any atom is -0.475 e. The number of fused-ring (bicyclic) bond motifs is 1. The zero-order chi connectivity index (χ0) is 33.8. The van der Waals surface area contributed by atoms with Crippen molar-refractivity contribution in [3.63, 3.8) is 0 Å². The van der Waals surface area contributed by atoms with Crippen LogP contribution in [-0.2, 0) is 16.6 Å². The molecule has 1 aromatic carbocycles. The molecule has 244 valence electrons. The smallest absolute Gasteiger partial charge is 0.475 e. The summed E-state index contributed by atoms with van der Waals surface area (Å²) in [7, 11) is 1.79. The Labute approximate surface area is 262 Å². The molecule has 1 aliphatic heterocycles. The molecule has 14 heteroatoms. The second-order valence-electron chi connectivity index (χ2n) is 11.3. The Bertz CT molecular complexity index is 1720. The van der Waals surface area contributed by atoms with Gasteiger partial charge in [0, 0.05) is 42.8 Å². The summed E-state index contributed by atoms with van der Waals surface area (Å²) in [5.74, 6) is 1.77. The van der Waals surface area contributed by atoms with E-state index in [0.29, 0.717) is 35.0 Å². The first-order valence-electron chi connectivity index (χ1n) is 14.5. The number of halogens is 4. The quantitative estimate of drug-likeness (QED) is 0.185. The largest absolute Gasteiger partial charge is 0.490 e. The maximum Gasteiger partial charge on any atom is 0.490 e. The fourth-order valence-corrected chi connectivity index (χ4v) is 5.37. The zero-order valence-corrected chi connectivity index (χ0v) is 25.5. The summed E-state index contributed by atoms with van der Waals surface area (Å²) >= 11 is 0. The van der Waals surface area contributed by atoms with E-state index in [0.717, 1.165) is 42.6 Å². The summed E-state index contributed by atoms with van der Waals surface area (Å²) in [6.45, 7) is 4.45. The number of aromatic amines is 1. The molecular formula is C32H34F4N6O4. The first kappa shape index (κ1) is 34.0. The second-order valence-corrected chi connectivity index (χ2v) is 11.3. The van der Waals surface area contributed by atoms with Crippen molar-refractivity contribution in [3.8, 4) is 11.8 Å². The lowest BCUT2D eigenvalue weighted by atomic mass is 9.86. The number of rotatable bonds is 5. The lowest BCUT2D eigenvalue weighted by molar-refractivity contribution is -0.192. The Kier molecular flexibility index (Phi) is 10.4. The van der Waals surface area contributed by atoms with Gasteiger partial charge in [0.15, 0.2) is 0 Å². The van der Waals surface area contributed by atoms with Crippen LogP contribution in [0.25, 0.3) is 11.6 Å². The Hall–Kier alpha value is -4.90. The van der Waals surface area contributed by atoms with Gasteiger partial charge in [-0.05, 0) is 87.3 Å². The van der Waals surface area contributed by atoms with Gasteiger partial charge in [-0.1, -0.05) is 5.92 Å². The topological polar surface area (TPSA) is 146 Å². The number of hydrogen-bond acceptors (Lipinski definition) is 5. The number of hydrogen-bond donors (Lipinski definition) is 4. The Morgan fingerprint density at radius 3 is 2.43 bits per heavy atom. The molecule has 2 aromatic heterocycles. The van der Waals surface area contributed by atoms with Gasteiger partial charge < -0.3 is 26.0 Å². The highest BCUT2D eigenvalue weighted by Crippen LogP contribution is 2.41. The molecule has 5 rings (SSSR count). The molecular weight excluding hydrogens is 608 g/mol. The maximum atomic E-state index is 15.3. The molecule has 46 heavy (non-hydrogen) atoms. The summed E-state index contributed by atoms with van der Waals surface area (Å²) in [5.41, 5.74) is 10.8. The molecule has 0 spiro atoms. The van der Waals surface area contributed by atoms with Crippen molar-refractivity contribution < 1.29 is 37.1 Å². The predicted octanol–water partition coefficient (Wildman–Crippen LogP) is 4.32. The highest BCUT2D eigenvalue weighted by molar-refractivity contribution is 6.36. The lowest BCUT2D eigenvalue weighted by Crippen LogP contribution is -2.36. The summed E-state index contributed by atoms with van der Waals surface area (Å²) in [5, 5.41) is 14.0. The van der Waals surface area contributed by atoms with E-state index in [1.165, 1.54) is 12.1 Å². The third-order valence-electron chi connectivity index (χ3n) is 7.71. The number of amides is 2. The number of aliphatic carboxylic acids is 1. The Morgan fingerprint density at radius 1 is 1.20 bits per heavy atom. The number of nitrogens with two attached hydrogens (primary N) is 1. The highest BCUT2D eigenvalue weighted by Gasteiger charge is 2.38. The van der Waals surface area contributed by atoms with E-state index in [1.807, 2.05) is 19.9 Å². The molecule has 1 fully saturated rings. The van der Waals surface area contributed by atoms with E-state index < -0.39 is 23.9 Å². The van der Waals surface area contributed by atoms with E-state index in [1.54, 1.807) is 35.0 Å². The number of carbonyl (C=O) groups excluding carboxylic acids is 2. The molecule has 2 amide bonds. The third kappa shape index (κ3) is 8.22. The molecule has 0 bridgehead atoms. The van der Waals surface area contributed by atoms with Crippen LogP contribution in [-0.4, -0.2) is 63.0 Å². The molecule has 0 saturated heterocycles. The van der Waals surface area contributed by atoms with Crippen LogP contribution in [0.15, 0.2) is 30.5 Å². The monoisotopic (exact) mass is 642 g/mol. The lowest BCUT2D eigenvalue weighted by Gasteiger charge is -2.30. The zero-order valence-electron chi connectivity index (χ0n) is 25.5. The van der Waals surface area contributed by atoms with Gasteiger partial charge in [0.2, 0.25) is 0 Å². The van der Waals surface area contributed by atoms with Gasteiger partial charge >= 0.3 is 12.1 Å². The van der Waals surface area contributed by atoms with Crippen LogP contribution in [0.3, 0.4) is 0 Å². The summed E-state index contributed by atoms with van der Waals surface area (Å²) in [6.07, 6.45) is 2.17. The molecule has 3 heterocycles. The minimum atomic E-state index is -5.08. The van der Waals surface area contributed by atoms with E-state index in [-0.39, 0.29) is 24.1 Å². The van der Waals surface area contributed by atoms with Gasteiger partial charge in [-0.15, -0.1) is 0 Å². The second kappa shape index (κ2) is 14.0. The molecule has 10 nitrogen and oxygen atoms in total. The first-order chi connectivity index (χ1) is 21.6. The standard InChI is InChI=1S/C30H33FN6O2.C2HF3O2/c1-18-13-19(2)34-27(18)15-24-23-14-26(31)25(29(38)33-11-4-5-22-10-12-36(3)35-22)16-28(23)37(30(24)39)17-20-6-8-21(32)9-7-20;3-2(4,5)1(6)7/h10,12-16,20-21,34H,6-9,11,17,32H2,1-3H3,(H,33,38);(H,6,7)/b24-15-;. The van der Waals surface area contributed by atoms with Crippen molar-refractivity contribution >= 4 is 35.1 Å². The summed E-state index contributed by atoms with van der Waals surface area (Å²) < 4.78 is 48.7. The fraction of sp³-hybridized carbons (Fsp3) is 0.375. The number of aromatic nitrogens is 3. The molecule has 0 unspecified atom stereocenters. The highest BCUT2D eigenvalue weighted by atomic mass is 19.4. The van der Waals surface area contributed by atoms with Crippen molar-refractivity contribution in [2.24, 2.45) is 18.7 Å². The number of carboxylic acid groups (broad SMARTS) is 1. The van der Waals surface area contributed by atoms with E-state index in [2.05, 4.69) is 27.2 Å². The third-order valence-corrected chi connectivity index (χ3v) is 7.71. The van der Waals surface area contributed by atoms with Gasteiger partial charge in [-0.2, -0.15) is 18.3 Å². The van der Waals surface area contributed by atoms with Crippen LogP contribution >= 0.6 is 0 Å². The molecule has 0 radical (unpaired) electrons. The van der Waals surface area contributed by atoms with E-state index in [9.17, 15) is 22.8 Å². The van der Waals surface area contributed by atoms with Crippen LogP contribution in [0.2, 0.25) is 0 Å². The summed E-state index contributed by atoms with van der Waals surface area (Å²) in [6, 6.07) is 6.76. The number of nitrogens with one attached hydrogen (secondary N) is 2. The SMILES string of the molecule is Cc1cc(C)c(/C=C2\C(=O)N(CC3CCC(N)CC3)c3cc(C(=O)NCC#Cc4ccn(C)n4)c(F)cc32)[nH]1.O=C(O)C(F)(F)F. The number of aryl methyl sites for hydroxylation is 3. The molecule has 3 aromatic rings. The number of carbonyl (C=O) groups is 3. The molecule has 0 atom stereocenters. The number of H-pyrrole nitrogens is 1. The van der Waals surface area contributed by atoms with Crippen LogP contribution in [0.5, 0.6) is 0 Å². The molecule has 1 aliphatic carbocycles. The van der Waals surface area contributed by atoms with Gasteiger partial charge in [0.1, 0.15) is 11.5 Å². The Balaban J connectivity index is 0.000000617. The normalized spacial score (nSPS) is 18.4. The van der Waals surface area contributed by atoms with Crippen molar-refractivity contribution in [1.29, 1.82) is 0 Å². The minimum absolute atomic E-state index is 0.0352. The number of anilines is 1.